The van der Waals surface area contributed by atoms with E-state index >= 15 is 0 Å². The fourth-order valence-corrected chi connectivity index (χ4v) is 3.89. The van der Waals surface area contributed by atoms with Gasteiger partial charge in [0.1, 0.15) is 14.3 Å². The van der Waals surface area contributed by atoms with Crippen molar-refractivity contribution in [1.29, 1.82) is 0 Å². The number of ether oxygens (including phenoxy) is 1. The molecule has 20 heavy (non-hydrogen) atoms. The van der Waals surface area contributed by atoms with Crippen molar-refractivity contribution in [3.63, 3.8) is 0 Å². The number of hydrogen-bond donors (Lipinski definition) is 2. The van der Waals surface area contributed by atoms with Crippen LogP contribution >= 0.6 is 0 Å². The van der Waals surface area contributed by atoms with E-state index < -0.39 is 14.3 Å². The standard InChI is InChI=1S/C15H29NO3Si/c1-11(2)15(18)19-14-10-12(6-7-13(14)17)8-9-20(4,5)16-3/h12-14,16-17H,1,6-10H2,2-5H3. The van der Waals surface area contributed by atoms with Crippen LogP contribution in [0.5, 0.6) is 0 Å². The number of rotatable bonds is 6. The third kappa shape index (κ3) is 5.38. The van der Waals surface area contributed by atoms with E-state index in [-0.39, 0.29) is 12.1 Å². The highest BCUT2D eigenvalue weighted by atomic mass is 28.3. The molecule has 0 radical (unpaired) electrons. The monoisotopic (exact) mass is 299 g/mol. The maximum Gasteiger partial charge on any atom is 0.333 e. The molecule has 5 heteroatoms. The number of hydrogen-bond acceptors (Lipinski definition) is 4. The summed E-state index contributed by atoms with van der Waals surface area (Å²) in [5.41, 5.74) is 0.392. The average molecular weight is 299 g/mol. The second kappa shape index (κ2) is 7.38. The first-order chi connectivity index (χ1) is 9.25. The fourth-order valence-electron chi connectivity index (χ4n) is 2.51. The lowest BCUT2D eigenvalue weighted by Gasteiger charge is -2.34. The molecule has 0 aromatic carbocycles. The summed E-state index contributed by atoms with van der Waals surface area (Å²) in [6, 6.07) is 1.21. The van der Waals surface area contributed by atoms with Crippen LogP contribution in [-0.4, -0.2) is 38.6 Å². The highest BCUT2D eigenvalue weighted by molar-refractivity contribution is 6.74. The lowest BCUT2D eigenvalue weighted by Crippen LogP contribution is -2.43. The zero-order valence-corrected chi connectivity index (χ0v) is 14.2. The summed E-state index contributed by atoms with van der Waals surface area (Å²) in [4.78, 5) is 15.0. The van der Waals surface area contributed by atoms with Gasteiger partial charge in [0, 0.05) is 5.57 Å². The Bertz CT molecular complexity index is 357. The van der Waals surface area contributed by atoms with Crippen molar-refractivity contribution < 1.29 is 14.6 Å². The van der Waals surface area contributed by atoms with Gasteiger partial charge in [-0.1, -0.05) is 26.1 Å². The second-order valence-electron chi connectivity index (χ2n) is 6.64. The molecule has 0 bridgehead atoms. The van der Waals surface area contributed by atoms with E-state index in [1.807, 2.05) is 7.05 Å². The molecule has 0 spiro atoms. The topological polar surface area (TPSA) is 58.6 Å². The summed E-state index contributed by atoms with van der Waals surface area (Å²) in [6.07, 6.45) is 2.78. The van der Waals surface area contributed by atoms with Gasteiger partial charge < -0.3 is 14.8 Å². The molecule has 4 nitrogen and oxygen atoms in total. The molecular formula is C15H29NO3Si. The van der Waals surface area contributed by atoms with Crippen LogP contribution in [-0.2, 0) is 9.53 Å². The van der Waals surface area contributed by atoms with E-state index in [0.717, 1.165) is 25.7 Å². The van der Waals surface area contributed by atoms with E-state index in [2.05, 4.69) is 24.7 Å². The molecule has 0 aromatic rings. The Morgan fingerprint density at radius 3 is 2.65 bits per heavy atom. The first-order valence-electron chi connectivity index (χ1n) is 7.48. The van der Waals surface area contributed by atoms with Crippen molar-refractivity contribution in [3.05, 3.63) is 12.2 Å². The summed E-state index contributed by atoms with van der Waals surface area (Å²) in [5, 5.41) is 9.98. The number of carbonyl (C=O) groups is 1. The van der Waals surface area contributed by atoms with Gasteiger partial charge in [-0.05, 0) is 45.2 Å². The highest BCUT2D eigenvalue weighted by Crippen LogP contribution is 2.31. The Morgan fingerprint density at radius 2 is 2.10 bits per heavy atom. The van der Waals surface area contributed by atoms with Crippen LogP contribution in [0, 0.1) is 5.92 Å². The predicted octanol–water partition coefficient (Wildman–Crippen LogP) is 2.45. The second-order valence-corrected chi connectivity index (χ2v) is 11.4. The number of esters is 1. The third-order valence-electron chi connectivity index (χ3n) is 4.33. The molecule has 1 aliphatic carbocycles. The van der Waals surface area contributed by atoms with Gasteiger partial charge in [0.15, 0.2) is 0 Å². The zero-order valence-electron chi connectivity index (χ0n) is 13.2. The Balaban J connectivity index is 2.49. The van der Waals surface area contributed by atoms with E-state index in [0.29, 0.717) is 11.5 Å². The van der Waals surface area contributed by atoms with Crippen molar-refractivity contribution in [2.24, 2.45) is 5.92 Å². The summed E-state index contributed by atoms with van der Waals surface area (Å²) < 4.78 is 5.36. The highest BCUT2D eigenvalue weighted by Gasteiger charge is 2.33. The van der Waals surface area contributed by atoms with Crippen molar-refractivity contribution in [3.8, 4) is 0 Å². The molecule has 3 unspecified atom stereocenters. The van der Waals surface area contributed by atoms with Crippen LogP contribution in [0.2, 0.25) is 19.1 Å². The first-order valence-corrected chi connectivity index (χ1v) is 10.7. The molecule has 0 heterocycles. The van der Waals surface area contributed by atoms with Crippen molar-refractivity contribution in [1.82, 2.24) is 4.98 Å². The van der Waals surface area contributed by atoms with Gasteiger partial charge in [0.2, 0.25) is 0 Å². The van der Waals surface area contributed by atoms with Crippen LogP contribution in [0.4, 0.5) is 0 Å². The summed E-state index contributed by atoms with van der Waals surface area (Å²) in [6.45, 7) is 9.87. The smallest absolute Gasteiger partial charge is 0.333 e. The molecule has 116 valence electrons. The Morgan fingerprint density at radius 1 is 1.45 bits per heavy atom. The average Bonchev–Trinajstić information content (AvgIpc) is 2.39. The maximum atomic E-state index is 11.6. The summed E-state index contributed by atoms with van der Waals surface area (Å²) >= 11 is 0. The van der Waals surface area contributed by atoms with Gasteiger partial charge in [-0.25, -0.2) is 4.79 Å². The minimum Gasteiger partial charge on any atom is -0.456 e. The van der Waals surface area contributed by atoms with Gasteiger partial charge in [0.25, 0.3) is 0 Å². The van der Waals surface area contributed by atoms with Crippen molar-refractivity contribution in [2.45, 2.75) is 64.0 Å². The normalized spacial score (nSPS) is 27.1. The van der Waals surface area contributed by atoms with Crippen LogP contribution in [0.25, 0.3) is 0 Å². The fraction of sp³-hybridized carbons (Fsp3) is 0.800. The maximum absolute atomic E-state index is 11.6. The molecule has 2 N–H and O–H groups in total. The molecule has 1 rings (SSSR count). The van der Waals surface area contributed by atoms with Crippen LogP contribution in [0.3, 0.4) is 0 Å². The van der Waals surface area contributed by atoms with E-state index in [9.17, 15) is 9.90 Å². The number of aliphatic hydroxyl groups excluding tert-OH is 1. The molecule has 1 aliphatic rings. The molecule has 0 saturated heterocycles. The van der Waals surface area contributed by atoms with E-state index in [1.54, 1.807) is 6.92 Å². The molecule has 3 atom stereocenters. The number of carbonyl (C=O) groups excluding carboxylic acids is 1. The SMILES string of the molecule is C=C(C)C(=O)OC1CC(CC[Si](C)(C)NC)CCC1O. The minimum absolute atomic E-state index is 0.364. The van der Waals surface area contributed by atoms with Crippen LogP contribution in [0.15, 0.2) is 12.2 Å². The largest absolute Gasteiger partial charge is 0.456 e. The molecule has 0 amide bonds. The quantitative estimate of drug-likeness (QED) is 0.449. The Hall–Kier alpha value is -0.653. The number of aliphatic hydroxyl groups is 1. The minimum atomic E-state index is -1.28. The lowest BCUT2D eigenvalue weighted by atomic mass is 9.84. The van der Waals surface area contributed by atoms with Crippen LogP contribution in [0.1, 0.15) is 32.6 Å². The third-order valence-corrected chi connectivity index (χ3v) is 7.22. The molecule has 1 fully saturated rings. The molecule has 0 aliphatic heterocycles. The lowest BCUT2D eigenvalue weighted by molar-refractivity contribution is -0.154. The van der Waals surface area contributed by atoms with E-state index in [1.165, 1.54) is 6.04 Å². The zero-order chi connectivity index (χ0) is 15.3. The molecule has 0 aromatic heterocycles. The predicted molar refractivity (Wildman–Crippen MR) is 84.0 cm³/mol. The van der Waals surface area contributed by atoms with E-state index in [4.69, 9.17) is 4.74 Å². The van der Waals surface area contributed by atoms with Gasteiger partial charge in [-0.2, -0.15) is 0 Å². The Kier molecular flexibility index (Phi) is 6.42. The van der Waals surface area contributed by atoms with Crippen molar-refractivity contribution >= 4 is 14.2 Å². The summed E-state index contributed by atoms with van der Waals surface area (Å²) in [5.74, 6) is 0.154. The van der Waals surface area contributed by atoms with Gasteiger partial charge >= 0.3 is 5.97 Å². The first kappa shape index (κ1) is 17.4. The van der Waals surface area contributed by atoms with Crippen LogP contribution < -0.4 is 4.98 Å². The Labute approximate surface area is 123 Å². The van der Waals surface area contributed by atoms with Gasteiger partial charge in [0.05, 0.1) is 6.10 Å². The van der Waals surface area contributed by atoms with Crippen molar-refractivity contribution in [2.75, 3.05) is 7.05 Å². The summed E-state index contributed by atoms with van der Waals surface area (Å²) in [7, 11) is 0.751. The molecular weight excluding hydrogens is 270 g/mol. The molecule has 1 saturated carbocycles. The van der Waals surface area contributed by atoms with Gasteiger partial charge in [-0.3, -0.25) is 0 Å². The van der Waals surface area contributed by atoms with Gasteiger partial charge in [-0.15, -0.1) is 0 Å². The number of nitrogens with one attached hydrogen (secondary N) is 1.